The third-order valence-corrected chi connectivity index (χ3v) is 6.04. The standard InChI is InChI=1S/C26H19ClN2O5/c1-33-19-4-2-3-17-13-20(34-25(17)19)23(30)21-22(16-5-7-18(27)8-6-16)29(26(32)24(21)31)14-15-9-11-28-12-10-15/h2-13,22,31H,14H2,1H3. The second-order valence-electron chi connectivity index (χ2n) is 7.82. The first-order valence-electron chi connectivity index (χ1n) is 10.5. The maximum atomic E-state index is 13.7. The smallest absolute Gasteiger partial charge is 0.290 e. The normalized spacial score (nSPS) is 15.9. The molecule has 2 aromatic heterocycles. The van der Waals surface area contributed by atoms with E-state index >= 15 is 0 Å². The number of fused-ring (bicyclic) bond motifs is 1. The largest absolute Gasteiger partial charge is 0.503 e. The van der Waals surface area contributed by atoms with Gasteiger partial charge in [0, 0.05) is 29.3 Å². The van der Waals surface area contributed by atoms with Crippen molar-refractivity contribution >= 4 is 34.3 Å². The number of benzene rings is 2. The molecule has 0 fully saturated rings. The second kappa shape index (κ2) is 8.68. The number of nitrogens with zero attached hydrogens (tertiary/aromatic N) is 2. The lowest BCUT2D eigenvalue weighted by molar-refractivity contribution is -0.130. The lowest BCUT2D eigenvalue weighted by Gasteiger charge is -2.26. The summed E-state index contributed by atoms with van der Waals surface area (Å²) in [6.45, 7) is 0.170. The maximum Gasteiger partial charge on any atom is 0.290 e. The van der Waals surface area contributed by atoms with Crippen LogP contribution in [0, 0.1) is 0 Å². The van der Waals surface area contributed by atoms with Crippen molar-refractivity contribution in [2.45, 2.75) is 12.6 Å². The van der Waals surface area contributed by atoms with Crippen LogP contribution in [-0.2, 0) is 11.3 Å². The Hall–Kier alpha value is -4.10. The molecule has 2 aromatic carbocycles. The first kappa shape index (κ1) is 21.7. The minimum atomic E-state index is -0.833. The van der Waals surface area contributed by atoms with Gasteiger partial charge in [0.25, 0.3) is 5.91 Å². The number of amides is 1. The Morgan fingerprint density at radius 1 is 1.15 bits per heavy atom. The molecule has 1 amide bonds. The molecule has 1 N–H and O–H groups in total. The lowest BCUT2D eigenvalue weighted by Crippen LogP contribution is -2.30. The van der Waals surface area contributed by atoms with Crippen molar-refractivity contribution in [3.8, 4) is 5.75 Å². The number of rotatable bonds is 6. The van der Waals surface area contributed by atoms with Crippen molar-refractivity contribution in [1.82, 2.24) is 9.88 Å². The second-order valence-corrected chi connectivity index (χ2v) is 8.26. The van der Waals surface area contributed by atoms with Crippen LogP contribution < -0.4 is 4.74 Å². The van der Waals surface area contributed by atoms with Crippen LogP contribution in [0.15, 0.2) is 88.8 Å². The predicted molar refractivity (Wildman–Crippen MR) is 126 cm³/mol. The molecule has 0 saturated heterocycles. The number of Topliss-reactive ketones (excluding diaryl/α,β-unsaturated/α-hetero) is 1. The Labute approximate surface area is 199 Å². The molecule has 4 aromatic rings. The predicted octanol–water partition coefficient (Wildman–Crippen LogP) is 5.27. The van der Waals surface area contributed by atoms with E-state index in [2.05, 4.69) is 4.98 Å². The van der Waals surface area contributed by atoms with Gasteiger partial charge in [-0.05, 0) is 47.5 Å². The van der Waals surface area contributed by atoms with Crippen LogP contribution in [0.25, 0.3) is 11.0 Å². The van der Waals surface area contributed by atoms with Gasteiger partial charge < -0.3 is 19.2 Å². The van der Waals surface area contributed by atoms with E-state index in [0.717, 1.165) is 5.56 Å². The zero-order chi connectivity index (χ0) is 23.8. The fourth-order valence-corrected chi connectivity index (χ4v) is 4.29. The number of aliphatic hydroxyl groups is 1. The van der Waals surface area contributed by atoms with E-state index in [1.807, 2.05) is 0 Å². The van der Waals surface area contributed by atoms with E-state index in [4.69, 9.17) is 20.8 Å². The summed E-state index contributed by atoms with van der Waals surface area (Å²) in [5, 5.41) is 12.0. The summed E-state index contributed by atoms with van der Waals surface area (Å²) in [6.07, 6.45) is 3.24. The van der Waals surface area contributed by atoms with Crippen molar-refractivity contribution in [3.05, 3.63) is 106 Å². The Morgan fingerprint density at radius 3 is 2.59 bits per heavy atom. The van der Waals surface area contributed by atoms with Crippen LogP contribution in [0.5, 0.6) is 5.75 Å². The van der Waals surface area contributed by atoms with Gasteiger partial charge in [-0.15, -0.1) is 0 Å². The number of hydrogen-bond acceptors (Lipinski definition) is 6. The van der Waals surface area contributed by atoms with Crippen LogP contribution in [0.2, 0.25) is 5.02 Å². The van der Waals surface area contributed by atoms with Crippen LogP contribution in [0.3, 0.4) is 0 Å². The van der Waals surface area contributed by atoms with Gasteiger partial charge in [-0.25, -0.2) is 0 Å². The lowest BCUT2D eigenvalue weighted by atomic mass is 9.95. The van der Waals surface area contributed by atoms with Gasteiger partial charge in [0.05, 0.1) is 18.7 Å². The van der Waals surface area contributed by atoms with Crippen LogP contribution in [-0.4, -0.2) is 33.8 Å². The maximum absolute atomic E-state index is 13.7. The van der Waals surface area contributed by atoms with Gasteiger partial charge in [-0.2, -0.15) is 0 Å². The van der Waals surface area contributed by atoms with Crippen molar-refractivity contribution in [1.29, 1.82) is 0 Å². The number of pyridine rings is 1. The first-order valence-corrected chi connectivity index (χ1v) is 10.9. The molecule has 170 valence electrons. The third kappa shape index (κ3) is 3.70. The highest BCUT2D eigenvalue weighted by molar-refractivity contribution is 6.30. The summed E-state index contributed by atoms with van der Waals surface area (Å²) in [7, 11) is 1.51. The van der Waals surface area contributed by atoms with Crippen molar-refractivity contribution in [2.75, 3.05) is 7.11 Å². The molecule has 0 spiro atoms. The van der Waals surface area contributed by atoms with E-state index in [-0.39, 0.29) is 17.9 Å². The summed E-state index contributed by atoms with van der Waals surface area (Å²) < 4.78 is 11.1. The Morgan fingerprint density at radius 2 is 1.88 bits per heavy atom. The molecule has 0 aliphatic carbocycles. The summed E-state index contributed by atoms with van der Waals surface area (Å²) in [6, 6.07) is 16.4. The highest BCUT2D eigenvalue weighted by Crippen LogP contribution is 2.41. The van der Waals surface area contributed by atoms with E-state index in [9.17, 15) is 14.7 Å². The van der Waals surface area contributed by atoms with Gasteiger partial charge in [0.2, 0.25) is 5.78 Å². The number of furan rings is 1. The molecule has 1 aliphatic heterocycles. The van der Waals surface area contributed by atoms with Gasteiger partial charge >= 0.3 is 0 Å². The molecule has 1 unspecified atom stereocenters. The number of carbonyl (C=O) groups excluding carboxylic acids is 2. The van der Waals surface area contributed by atoms with Gasteiger partial charge in [0.1, 0.15) is 0 Å². The van der Waals surface area contributed by atoms with E-state index < -0.39 is 23.5 Å². The molecular formula is C26H19ClN2O5. The number of methoxy groups -OCH3 is 1. The van der Waals surface area contributed by atoms with Gasteiger partial charge in [0.15, 0.2) is 22.9 Å². The van der Waals surface area contributed by atoms with Crippen LogP contribution >= 0.6 is 11.6 Å². The summed E-state index contributed by atoms with van der Waals surface area (Å²) in [4.78, 5) is 32.3. The number of ketones is 1. The number of para-hydroxylation sites is 1. The van der Waals surface area contributed by atoms with Crippen LogP contribution in [0.1, 0.15) is 27.7 Å². The van der Waals surface area contributed by atoms with E-state index in [1.165, 1.54) is 12.0 Å². The Bertz CT molecular complexity index is 1430. The highest BCUT2D eigenvalue weighted by atomic mass is 35.5. The van der Waals surface area contributed by atoms with Crippen molar-refractivity contribution in [3.63, 3.8) is 0 Å². The fraction of sp³-hybridized carbons (Fsp3) is 0.115. The third-order valence-electron chi connectivity index (χ3n) is 5.79. The quantitative estimate of drug-likeness (QED) is 0.383. The SMILES string of the molecule is COc1cccc2cc(C(=O)C3=C(O)C(=O)N(Cc4ccncc4)C3c3ccc(Cl)cc3)oc12. The zero-order valence-corrected chi connectivity index (χ0v) is 18.8. The minimum absolute atomic E-state index is 0.00132. The molecule has 0 bridgehead atoms. The number of carbonyl (C=O) groups is 2. The van der Waals surface area contributed by atoms with Crippen LogP contribution in [0.4, 0.5) is 0 Å². The van der Waals surface area contributed by atoms with Gasteiger partial charge in [-0.1, -0.05) is 35.9 Å². The summed E-state index contributed by atoms with van der Waals surface area (Å²) in [5.74, 6) is -1.36. The topological polar surface area (TPSA) is 92.9 Å². The summed E-state index contributed by atoms with van der Waals surface area (Å²) >= 11 is 6.07. The summed E-state index contributed by atoms with van der Waals surface area (Å²) in [5.41, 5.74) is 1.79. The number of aliphatic hydroxyl groups excluding tert-OH is 1. The number of aromatic nitrogens is 1. The Balaban J connectivity index is 1.60. The van der Waals surface area contributed by atoms with Crippen molar-refractivity contribution < 1.29 is 23.8 Å². The Kier molecular flexibility index (Phi) is 5.55. The molecule has 1 atom stereocenters. The average Bonchev–Trinajstić information content (AvgIpc) is 3.40. The zero-order valence-electron chi connectivity index (χ0n) is 18.1. The molecule has 1 aliphatic rings. The molecule has 0 radical (unpaired) electrons. The van der Waals surface area contributed by atoms with Crippen molar-refractivity contribution in [2.24, 2.45) is 0 Å². The molecule has 0 saturated carbocycles. The number of halogens is 1. The molecule has 8 heteroatoms. The van der Waals surface area contributed by atoms with Gasteiger partial charge in [-0.3, -0.25) is 14.6 Å². The molecule has 3 heterocycles. The van der Waals surface area contributed by atoms with E-state index in [1.54, 1.807) is 73.1 Å². The highest BCUT2D eigenvalue weighted by Gasteiger charge is 2.44. The first-order chi connectivity index (χ1) is 16.5. The molecular weight excluding hydrogens is 456 g/mol. The fourth-order valence-electron chi connectivity index (χ4n) is 4.17. The number of hydrogen-bond donors (Lipinski definition) is 1. The average molecular weight is 475 g/mol. The molecule has 34 heavy (non-hydrogen) atoms. The molecule has 5 rings (SSSR count). The number of ether oxygens (including phenoxy) is 1. The minimum Gasteiger partial charge on any atom is -0.503 e. The molecule has 7 nitrogen and oxygen atoms in total. The monoisotopic (exact) mass is 474 g/mol. The van der Waals surface area contributed by atoms with E-state index in [0.29, 0.717) is 27.3 Å².